The van der Waals surface area contributed by atoms with Crippen molar-refractivity contribution in [1.82, 2.24) is 10.2 Å². The van der Waals surface area contributed by atoms with Crippen molar-refractivity contribution in [2.24, 2.45) is 0 Å². The van der Waals surface area contributed by atoms with Gasteiger partial charge in [0.25, 0.3) is 11.1 Å². The highest BCUT2D eigenvalue weighted by atomic mass is 32.2. The summed E-state index contributed by atoms with van der Waals surface area (Å²) in [7, 11) is 2.94. The second-order valence-electron chi connectivity index (χ2n) is 4.40. The average molecular weight is 324 g/mol. The van der Waals surface area contributed by atoms with Crippen LogP contribution in [0.1, 0.15) is 10.4 Å². The van der Waals surface area contributed by atoms with E-state index in [0.29, 0.717) is 17.1 Å². The van der Waals surface area contributed by atoms with E-state index in [9.17, 15) is 14.4 Å². The molecule has 0 aliphatic carbocycles. The van der Waals surface area contributed by atoms with Gasteiger partial charge in [-0.2, -0.15) is 0 Å². The standard InChI is InChI=1S/C14H16N2O5S/c1-20-10-5-3-4-9(12(10)21-2)13(18)15-6-7-16-11(17)8-22-14(16)19/h3-5H,6-8H2,1-2H3,(H,15,18). The van der Waals surface area contributed by atoms with E-state index in [4.69, 9.17) is 9.47 Å². The van der Waals surface area contributed by atoms with Gasteiger partial charge in [-0.3, -0.25) is 19.3 Å². The minimum Gasteiger partial charge on any atom is -0.493 e. The Morgan fingerprint density at radius 1 is 1.32 bits per heavy atom. The minimum atomic E-state index is -0.359. The lowest BCUT2D eigenvalue weighted by atomic mass is 10.1. The van der Waals surface area contributed by atoms with Gasteiger partial charge >= 0.3 is 0 Å². The van der Waals surface area contributed by atoms with Crippen LogP contribution in [-0.2, 0) is 4.79 Å². The predicted octanol–water partition coefficient (Wildman–Crippen LogP) is 1.13. The molecule has 0 aromatic heterocycles. The second-order valence-corrected chi connectivity index (χ2v) is 5.32. The van der Waals surface area contributed by atoms with Gasteiger partial charge in [0.2, 0.25) is 5.91 Å². The number of hydrogen-bond acceptors (Lipinski definition) is 6. The van der Waals surface area contributed by atoms with Gasteiger partial charge in [0.15, 0.2) is 11.5 Å². The first-order valence-electron chi connectivity index (χ1n) is 6.54. The molecule has 118 valence electrons. The van der Waals surface area contributed by atoms with Gasteiger partial charge in [0.1, 0.15) is 0 Å². The summed E-state index contributed by atoms with van der Waals surface area (Å²) >= 11 is 0.968. The van der Waals surface area contributed by atoms with Crippen molar-refractivity contribution in [2.45, 2.75) is 0 Å². The Labute approximate surface area is 131 Å². The summed E-state index contributed by atoms with van der Waals surface area (Å²) < 4.78 is 10.3. The van der Waals surface area contributed by atoms with Crippen LogP contribution in [0.15, 0.2) is 18.2 Å². The maximum atomic E-state index is 12.2. The molecule has 0 spiro atoms. The van der Waals surface area contributed by atoms with Gasteiger partial charge < -0.3 is 14.8 Å². The fourth-order valence-corrected chi connectivity index (χ4v) is 2.79. The van der Waals surface area contributed by atoms with E-state index in [1.165, 1.54) is 14.2 Å². The van der Waals surface area contributed by atoms with E-state index in [1.54, 1.807) is 18.2 Å². The highest BCUT2D eigenvalue weighted by molar-refractivity contribution is 8.14. The number of benzene rings is 1. The number of imide groups is 1. The number of ether oxygens (including phenoxy) is 2. The summed E-state index contributed by atoms with van der Waals surface area (Å²) in [5, 5.41) is 2.38. The summed E-state index contributed by atoms with van der Waals surface area (Å²) in [5.41, 5.74) is 0.329. The second kappa shape index (κ2) is 7.17. The summed E-state index contributed by atoms with van der Waals surface area (Å²) in [6.45, 7) is 0.333. The van der Waals surface area contributed by atoms with E-state index in [1.807, 2.05) is 0 Å². The zero-order valence-electron chi connectivity index (χ0n) is 12.3. The van der Waals surface area contributed by atoms with Crippen LogP contribution in [0.5, 0.6) is 11.5 Å². The number of methoxy groups -OCH3 is 2. The van der Waals surface area contributed by atoms with Gasteiger partial charge in [-0.05, 0) is 12.1 Å². The predicted molar refractivity (Wildman–Crippen MR) is 81.4 cm³/mol. The molecule has 1 heterocycles. The van der Waals surface area contributed by atoms with E-state index < -0.39 is 0 Å². The number of nitrogens with zero attached hydrogens (tertiary/aromatic N) is 1. The summed E-state index contributed by atoms with van der Waals surface area (Å²) in [6, 6.07) is 4.98. The first kappa shape index (κ1) is 16.2. The fourth-order valence-electron chi connectivity index (χ4n) is 2.04. The first-order chi connectivity index (χ1) is 10.6. The number of nitrogens with one attached hydrogen (secondary N) is 1. The Balaban J connectivity index is 1.98. The molecule has 1 aliphatic heterocycles. The number of thioether (sulfide) groups is 1. The molecular weight excluding hydrogens is 308 g/mol. The Morgan fingerprint density at radius 3 is 2.68 bits per heavy atom. The zero-order valence-corrected chi connectivity index (χ0v) is 13.1. The maximum absolute atomic E-state index is 12.2. The highest BCUT2D eigenvalue weighted by Gasteiger charge is 2.29. The fraction of sp³-hybridized carbons (Fsp3) is 0.357. The van der Waals surface area contributed by atoms with Gasteiger partial charge in [0.05, 0.1) is 25.5 Å². The lowest BCUT2D eigenvalue weighted by Crippen LogP contribution is -2.37. The smallest absolute Gasteiger partial charge is 0.288 e. The molecule has 0 unspecified atom stereocenters. The number of amides is 3. The molecular formula is C14H16N2O5S. The molecule has 1 aromatic carbocycles. The van der Waals surface area contributed by atoms with Crippen LogP contribution in [0.25, 0.3) is 0 Å². The number of hydrogen-bond donors (Lipinski definition) is 1. The van der Waals surface area contributed by atoms with Crippen LogP contribution >= 0.6 is 11.8 Å². The molecule has 1 aromatic rings. The third kappa shape index (κ3) is 3.33. The van der Waals surface area contributed by atoms with Gasteiger partial charge in [-0.15, -0.1) is 0 Å². The summed E-state index contributed by atoms with van der Waals surface area (Å²) in [6.07, 6.45) is 0. The Bertz CT molecular complexity index is 589. The normalized spacial score (nSPS) is 14.2. The molecule has 22 heavy (non-hydrogen) atoms. The van der Waals surface area contributed by atoms with Crippen molar-refractivity contribution >= 4 is 28.8 Å². The molecule has 3 amide bonds. The Hall–Kier alpha value is -2.22. The van der Waals surface area contributed by atoms with Crippen LogP contribution < -0.4 is 14.8 Å². The van der Waals surface area contributed by atoms with E-state index in [0.717, 1.165) is 16.7 Å². The topological polar surface area (TPSA) is 84.9 Å². The average Bonchev–Trinajstić information content (AvgIpc) is 2.85. The lowest BCUT2D eigenvalue weighted by molar-refractivity contribution is -0.124. The molecule has 8 heteroatoms. The number of rotatable bonds is 6. The quantitative estimate of drug-likeness (QED) is 0.844. The number of para-hydroxylation sites is 1. The van der Waals surface area contributed by atoms with Crippen LogP contribution in [0, 0.1) is 0 Å². The molecule has 1 fully saturated rings. The first-order valence-corrected chi connectivity index (χ1v) is 7.53. The number of carbonyl (C=O) groups excluding carboxylic acids is 3. The van der Waals surface area contributed by atoms with E-state index >= 15 is 0 Å². The molecule has 2 rings (SSSR count). The Kier molecular flexibility index (Phi) is 5.26. The third-order valence-corrected chi connectivity index (χ3v) is 3.97. The van der Waals surface area contributed by atoms with Crippen LogP contribution in [0.2, 0.25) is 0 Å². The van der Waals surface area contributed by atoms with Gasteiger partial charge in [-0.1, -0.05) is 17.8 Å². The molecule has 0 saturated carbocycles. The van der Waals surface area contributed by atoms with Crippen molar-refractivity contribution in [3.63, 3.8) is 0 Å². The molecule has 0 atom stereocenters. The van der Waals surface area contributed by atoms with Gasteiger partial charge in [0, 0.05) is 13.1 Å². The summed E-state index contributed by atoms with van der Waals surface area (Å²) in [4.78, 5) is 36.2. The Morgan fingerprint density at radius 2 is 2.09 bits per heavy atom. The molecule has 0 radical (unpaired) electrons. The molecule has 1 N–H and O–H groups in total. The van der Waals surface area contributed by atoms with Crippen molar-refractivity contribution in [2.75, 3.05) is 33.1 Å². The van der Waals surface area contributed by atoms with Crippen molar-refractivity contribution in [1.29, 1.82) is 0 Å². The SMILES string of the molecule is COc1cccc(C(=O)NCCN2C(=O)CSC2=O)c1OC. The summed E-state index contributed by atoms with van der Waals surface area (Å²) in [5.74, 6) is 0.366. The van der Waals surface area contributed by atoms with Crippen molar-refractivity contribution in [3.8, 4) is 11.5 Å². The molecule has 1 saturated heterocycles. The lowest BCUT2D eigenvalue weighted by Gasteiger charge is -2.15. The van der Waals surface area contributed by atoms with Crippen molar-refractivity contribution in [3.05, 3.63) is 23.8 Å². The maximum Gasteiger partial charge on any atom is 0.288 e. The largest absolute Gasteiger partial charge is 0.493 e. The third-order valence-electron chi connectivity index (χ3n) is 3.11. The molecule has 7 nitrogen and oxygen atoms in total. The van der Waals surface area contributed by atoms with E-state index in [2.05, 4.69) is 5.32 Å². The zero-order chi connectivity index (χ0) is 16.1. The van der Waals surface area contributed by atoms with Crippen LogP contribution in [0.4, 0.5) is 4.79 Å². The van der Waals surface area contributed by atoms with E-state index in [-0.39, 0.29) is 35.9 Å². The minimum absolute atomic E-state index is 0.155. The highest BCUT2D eigenvalue weighted by Crippen LogP contribution is 2.30. The molecule has 1 aliphatic rings. The molecule has 0 bridgehead atoms. The van der Waals surface area contributed by atoms with Crippen LogP contribution in [-0.4, -0.2) is 55.0 Å². The number of carbonyl (C=O) groups is 3. The van der Waals surface area contributed by atoms with Gasteiger partial charge in [-0.25, -0.2) is 0 Å². The monoisotopic (exact) mass is 324 g/mol. The van der Waals surface area contributed by atoms with Crippen LogP contribution in [0.3, 0.4) is 0 Å². The van der Waals surface area contributed by atoms with Crippen molar-refractivity contribution < 1.29 is 23.9 Å².